The first-order valence-electron chi connectivity index (χ1n) is 8.15. The highest BCUT2D eigenvalue weighted by atomic mass is 35.5. The predicted molar refractivity (Wildman–Crippen MR) is 111 cm³/mol. The van der Waals surface area contributed by atoms with Crippen molar-refractivity contribution in [1.29, 1.82) is 0 Å². The van der Waals surface area contributed by atoms with E-state index in [1.54, 1.807) is 25.1 Å². The standard InChI is InChI=1S/C18H15ClFN3O4S2/c1-10-18(21-11(2)24)16(27-22-10)7-4-13-5-8-17(28-13)29(25,26)23-15-6-3-12(19)9-14(15)20/h3-9,23H,1-2H3,(H,21,24)/b7-4+. The van der Waals surface area contributed by atoms with Gasteiger partial charge in [0.1, 0.15) is 21.4 Å². The van der Waals surface area contributed by atoms with Crippen LogP contribution >= 0.6 is 22.9 Å². The van der Waals surface area contributed by atoms with Crippen LogP contribution in [0.4, 0.5) is 15.8 Å². The van der Waals surface area contributed by atoms with Crippen LogP contribution in [0, 0.1) is 12.7 Å². The first-order chi connectivity index (χ1) is 13.7. The molecule has 29 heavy (non-hydrogen) atoms. The molecule has 152 valence electrons. The van der Waals surface area contributed by atoms with E-state index in [1.807, 2.05) is 0 Å². The molecule has 11 heteroatoms. The Morgan fingerprint density at radius 2 is 2.03 bits per heavy atom. The number of carbonyl (C=O) groups excluding carboxylic acids is 1. The lowest BCUT2D eigenvalue weighted by atomic mass is 10.2. The average Bonchev–Trinajstić information content (AvgIpc) is 3.24. The number of anilines is 2. The number of carbonyl (C=O) groups is 1. The average molecular weight is 456 g/mol. The van der Waals surface area contributed by atoms with Crippen molar-refractivity contribution in [3.05, 3.63) is 57.5 Å². The molecule has 0 fully saturated rings. The van der Waals surface area contributed by atoms with Crippen LogP contribution in [0.15, 0.2) is 39.1 Å². The molecule has 0 atom stereocenters. The molecule has 2 heterocycles. The van der Waals surface area contributed by atoms with Gasteiger partial charge >= 0.3 is 0 Å². The molecule has 0 saturated carbocycles. The molecule has 0 radical (unpaired) electrons. The number of hydrogen-bond acceptors (Lipinski definition) is 6. The Balaban J connectivity index is 1.80. The summed E-state index contributed by atoms with van der Waals surface area (Å²) in [6, 6.07) is 6.65. The van der Waals surface area contributed by atoms with E-state index < -0.39 is 15.8 Å². The van der Waals surface area contributed by atoms with Gasteiger partial charge in [-0.2, -0.15) is 0 Å². The Bertz CT molecular complexity index is 1200. The summed E-state index contributed by atoms with van der Waals surface area (Å²) in [6.45, 7) is 3.05. The number of hydrogen-bond donors (Lipinski definition) is 2. The van der Waals surface area contributed by atoms with Crippen molar-refractivity contribution in [3.8, 4) is 0 Å². The van der Waals surface area contributed by atoms with Gasteiger partial charge in [-0.3, -0.25) is 9.52 Å². The van der Waals surface area contributed by atoms with Crippen molar-refractivity contribution < 1.29 is 22.1 Å². The Labute approximate surface area is 175 Å². The fourth-order valence-electron chi connectivity index (χ4n) is 2.32. The van der Waals surface area contributed by atoms with Crippen LogP contribution in [0.2, 0.25) is 5.02 Å². The summed E-state index contributed by atoms with van der Waals surface area (Å²) >= 11 is 6.65. The molecule has 3 rings (SSSR count). The number of nitrogens with one attached hydrogen (secondary N) is 2. The van der Waals surface area contributed by atoms with E-state index in [0.29, 0.717) is 22.0 Å². The third-order valence-corrected chi connectivity index (χ3v) is 6.77. The quantitative estimate of drug-likeness (QED) is 0.557. The summed E-state index contributed by atoms with van der Waals surface area (Å²) in [5.41, 5.74) is 0.762. The summed E-state index contributed by atoms with van der Waals surface area (Å²) in [4.78, 5) is 11.9. The second kappa shape index (κ2) is 8.36. The fraction of sp³-hybridized carbons (Fsp3) is 0.111. The SMILES string of the molecule is CC(=O)Nc1c(C)noc1/C=C/c1ccc(S(=O)(=O)Nc2ccc(Cl)cc2F)s1. The van der Waals surface area contributed by atoms with Crippen molar-refractivity contribution in [2.24, 2.45) is 0 Å². The number of thiophene rings is 1. The van der Waals surface area contributed by atoms with Crippen molar-refractivity contribution >= 4 is 62.4 Å². The van der Waals surface area contributed by atoms with E-state index in [-0.39, 0.29) is 20.8 Å². The number of nitrogens with zero attached hydrogens (tertiary/aromatic N) is 1. The summed E-state index contributed by atoms with van der Waals surface area (Å²) in [6.07, 6.45) is 3.19. The monoisotopic (exact) mass is 455 g/mol. The highest BCUT2D eigenvalue weighted by Gasteiger charge is 2.19. The molecule has 0 saturated heterocycles. The number of benzene rings is 1. The summed E-state index contributed by atoms with van der Waals surface area (Å²) < 4.78 is 46.3. The van der Waals surface area contributed by atoms with Crippen LogP contribution in [-0.2, 0) is 14.8 Å². The summed E-state index contributed by atoms with van der Waals surface area (Å²) in [5, 5.41) is 6.59. The third-order valence-electron chi connectivity index (χ3n) is 3.63. The Kier molecular flexibility index (Phi) is 6.06. The van der Waals surface area contributed by atoms with E-state index in [4.69, 9.17) is 16.1 Å². The number of aromatic nitrogens is 1. The number of amides is 1. The molecule has 0 spiro atoms. The van der Waals surface area contributed by atoms with Crippen LogP contribution in [-0.4, -0.2) is 19.5 Å². The smallest absolute Gasteiger partial charge is 0.271 e. The van der Waals surface area contributed by atoms with Crippen LogP contribution in [0.3, 0.4) is 0 Å². The molecular formula is C18H15ClFN3O4S2. The molecule has 0 aliphatic carbocycles. The van der Waals surface area contributed by atoms with Crippen molar-refractivity contribution in [2.45, 2.75) is 18.1 Å². The second-order valence-corrected chi connectivity index (χ2v) is 9.37. The van der Waals surface area contributed by atoms with Gasteiger partial charge in [-0.1, -0.05) is 16.8 Å². The Hall–Kier alpha value is -2.69. The molecule has 0 aliphatic heterocycles. The van der Waals surface area contributed by atoms with Crippen LogP contribution < -0.4 is 10.0 Å². The lowest BCUT2D eigenvalue weighted by Gasteiger charge is -2.07. The molecule has 0 bridgehead atoms. The van der Waals surface area contributed by atoms with Gasteiger partial charge in [0.25, 0.3) is 10.0 Å². The van der Waals surface area contributed by atoms with Gasteiger partial charge in [0.15, 0.2) is 5.76 Å². The normalized spacial score (nSPS) is 11.7. The minimum absolute atomic E-state index is 0.00216. The van der Waals surface area contributed by atoms with Gasteiger partial charge in [-0.15, -0.1) is 11.3 Å². The Morgan fingerprint density at radius 1 is 1.28 bits per heavy atom. The van der Waals surface area contributed by atoms with Crippen molar-refractivity contribution in [2.75, 3.05) is 10.0 Å². The van der Waals surface area contributed by atoms with E-state index in [0.717, 1.165) is 17.4 Å². The molecule has 2 N–H and O–H groups in total. The molecular weight excluding hydrogens is 441 g/mol. The number of halogens is 2. The fourth-order valence-corrected chi connectivity index (χ4v) is 4.78. The summed E-state index contributed by atoms with van der Waals surface area (Å²) in [5.74, 6) is -0.711. The minimum atomic E-state index is -3.97. The maximum absolute atomic E-state index is 13.9. The minimum Gasteiger partial charge on any atom is -0.354 e. The first-order valence-corrected chi connectivity index (χ1v) is 10.8. The number of rotatable bonds is 6. The van der Waals surface area contributed by atoms with Crippen LogP contribution in [0.25, 0.3) is 12.2 Å². The van der Waals surface area contributed by atoms with Crippen LogP contribution in [0.5, 0.6) is 0 Å². The lowest BCUT2D eigenvalue weighted by Crippen LogP contribution is -2.12. The van der Waals surface area contributed by atoms with E-state index in [2.05, 4.69) is 15.2 Å². The highest BCUT2D eigenvalue weighted by molar-refractivity contribution is 7.94. The van der Waals surface area contributed by atoms with Gasteiger partial charge in [0, 0.05) is 16.8 Å². The largest absolute Gasteiger partial charge is 0.354 e. The zero-order valence-corrected chi connectivity index (χ0v) is 17.6. The molecule has 1 amide bonds. The van der Waals surface area contributed by atoms with Gasteiger partial charge in [0.05, 0.1) is 5.69 Å². The number of sulfonamides is 1. The van der Waals surface area contributed by atoms with E-state index >= 15 is 0 Å². The van der Waals surface area contributed by atoms with Gasteiger partial charge in [-0.05, 0) is 49.4 Å². The van der Waals surface area contributed by atoms with Gasteiger partial charge in [0.2, 0.25) is 5.91 Å². The van der Waals surface area contributed by atoms with Crippen molar-refractivity contribution in [1.82, 2.24) is 5.16 Å². The van der Waals surface area contributed by atoms with Gasteiger partial charge < -0.3 is 9.84 Å². The molecule has 0 aliphatic rings. The summed E-state index contributed by atoms with van der Waals surface area (Å²) in [7, 11) is -3.97. The molecule has 3 aromatic rings. The van der Waals surface area contributed by atoms with Crippen molar-refractivity contribution in [3.63, 3.8) is 0 Å². The van der Waals surface area contributed by atoms with Gasteiger partial charge in [-0.25, -0.2) is 12.8 Å². The second-order valence-electron chi connectivity index (χ2n) is 5.91. The van der Waals surface area contributed by atoms with E-state index in [1.165, 1.54) is 25.1 Å². The van der Waals surface area contributed by atoms with Crippen LogP contribution in [0.1, 0.15) is 23.3 Å². The zero-order chi connectivity index (χ0) is 21.2. The molecule has 7 nitrogen and oxygen atoms in total. The molecule has 0 unspecified atom stereocenters. The van der Waals surface area contributed by atoms with E-state index in [9.17, 15) is 17.6 Å². The number of aryl methyl sites for hydroxylation is 1. The highest BCUT2D eigenvalue weighted by Crippen LogP contribution is 2.28. The molecule has 1 aromatic carbocycles. The third kappa shape index (κ3) is 5.03. The zero-order valence-electron chi connectivity index (χ0n) is 15.2. The topological polar surface area (TPSA) is 101 Å². The first kappa shape index (κ1) is 21.0. The predicted octanol–water partition coefficient (Wildman–Crippen LogP) is 4.77. The Morgan fingerprint density at radius 3 is 2.72 bits per heavy atom. The maximum Gasteiger partial charge on any atom is 0.271 e. The maximum atomic E-state index is 13.9. The molecule has 2 aromatic heterocycles. The lowest BCUT2D eigenvalue weighted by molar-refractivity contribution is -0.114.